The number of hydrogen-bond donors (Lipinski definition) is 1. The SMILES string of the molecule is CCNCc1sc(N2CCCCC2CC)nc1COC. The van der Waals surface area contributed by atoms with Crippen LogP contribution in [0.15, 0.2) is 0 Å². The minimum atomic E-state index is 0.613. The average Bonchev–Trinajstić information content (AvgIpc) is 2.88. The van der Waals surface area contributed by atoms with Crippen LogP contribution in [0.4, 0.5) is 5.13 Å². The van der Waals surface area contributed by atoms with Crippen molar-refractivity contribution in [3.05, 3.63) is 10.6 Å². The molecule has 1 N–H and O–H groups in total. The van der Waals surface area contributed by atoms with E-state index in [1.807, 2.05) is 11.3 Å². The summed E-state index contributed by atoms with van der Waals surface area (Å²) >= 11 is 1.84. The van der Waals surface area contributed by atoms with E-state index in [0.29, 0.717) is 12.6 Å². The van der Waals surface area contributed by atoms with Crippen LogP contribution in [0.2, 0.25) is 0 Å². The lowest BCUT2D eigenvalue weighted by molar-refractivity contribution is 0.181. The lowest BCUT2D eigenvalue weighted by atomic mass is 10.0. The number of ether oxygens (including phenoxy) is 1. The first-order chi connectivity index (χ1) is 9.80. The maximum atomic E-state index is 5.30. The predicted octanol–water partition coefficient (Wildman–Crippen LogP) is 3.17. The summed E-state index contributed by atoms with van der Waals surface area (Å²) in [5.74, 6) is 0. The van der Waals surface area contributed by atoms with E-state index in [4.69, 9.17) is 9.72 Å². The molecular formula is C15H27N3OS. The predicted molar refractivity (Wildman–Crippen MR) is 85.5 cm³/mol. The van der Waals surface area contributed by atoms with Crippen LogP contribution in [-0.2, 0) is 17.9 Å². The smallest absolute Gasteiger partial charge is 0.186 e. The summed E-state index contributed by atoms with van der Waals surface area (Å²) in [5, 5.41) is 4.59. The summed E-state index contributed by atoms with van der Waals surface area (Å²) in [7, 11) is 1.74. The Hall–Kier alpha value is -0.650. The minimum absolute atomic E-state index is 0.613. The Bertz CT molecular complexity index is 408. The Morgan fingerprint density at radius 3 is 2.95 bits per heavy atom. The third kappa shape index (κ3) is 3.71. The van der Waals surface area contributed by atoms with Crippen molar-refractivity contribution in [2.45, 2.75) is 58.7 Å². The molecule has 20 heavy (non-hydrogen) atoms. The molecule has 2 rings (SSSR count). The highest BCUT2D eigenvalue weighted by Crippen LogP contribution is 2.32. The van der Waals surface area contributed by atoms with Crippen molar-refractivity contribution < 1.29 is 4.74 Å². The molecule has 4 nitrogen and oxygen atoms in total. The standard InChI is InChI=1S/C15H27N3OS/c1-4-12-8-6-7-9-18(12)15-17-13(11-19-3)14(20-15)10-16-5-2/h12,16H,4-11H2,1-3H3. The van der Waals surface area contributed by atoms with Crippen LogP contribution in [-0.4, -0.2) is 31.2 Å². The Balaban J connectivity index is 2.17. The first-order valence-corrected chi connectivity index (χ1v) is 8.56. The first kappa shape index (κ1) is 15.7. The molecule has 1 atom stereocenters. The molecule has 0 aromatic carbocycles. The summed E-state index contributed by atoms with van der Waals surface area (Å²) in [4.78, 5) is 8.69. The number of thiazole rings is 1. The van der Waals surface area contributed by atoms with Crippen LogP contribution in [0, 0.1) is 0 Å². The summed E-state index contributed by atoms with van der Waals surface area (Å²) in [6.07, 6.45) is 5.16. The van der Waals surface area contributed by atoms with Gasteiger partial charge < -0.3 is 15.0 Å². The van der Waals surface area contributed by atoms with Gasteiger partial charge in [-0.1, -0.05) is 13.8 Å². The molecule has 0 amide bonds. The van der Waals surface area contributed by atoms with Crippen molar-refractivity contribution in [1.29, 1.82) is 0 Å². The van der Waals surface area contributed by atoms with Gasteiger partial charge in [0.25, 0.3) is 0 Å². The van der Waals surface area contributed by atoms with E-state index in [9.17, 15) is 0 Å². The molecule has 0 aliphatic carbocycles. The van der Waals surface area contributed by atoms with Crippen LogP contribution in [0.25, 0.3) is 0 Å². The fourth-order valence-electron chi connectivity index (χ4n) is 2.80. The molecule has 1 aromatic rings. The number of piperidine rings is 1. The number of methoxy groups -OCH3 is 1. The van der Waals surface area contributed by atoms with Crippen LogP contribution in [0.3, 0.4) is 0 Å². The normalized spacial score (nSPS) is 19.6. The lowest BCUT2D eigenvalue weighted by Gasteiger charge is -2.35. The van der Waals surface area contributed by atoms with Gasteiger partial charge in [0.2, 0.25) is 0 Å². The first-order valence-electron chi connectivity index (χ1n) is 7.75. The zero-order chi connectivity index (χ0) is 14.4. The molecular weight excluding hydrogens is 270 g/mol. The zero-order valence-corrected chi connectivity index (χ0v) is 13.8. The summed E-state index contributed by atoms with van der Waals surface area (Å²) in [6.45, 7) is 8.07. The molecule has 5 heteroatoms. The Morgan fingerprint density at radius 2 is 2.25 bits per heavy atom. The van der Waals surface area contributed by atoms with E-state index in [2.05, 4.69) is 24.1 Å². The third-order valence-corrected chi connectivity index (χ3v) is 5.06. The van der Waals surface area contributed by atoms with Gasteiger partial charge in [0, 0.05) is 31.1 Å². The number of rotatable bonds is 7. The Morgan fingerprint density at radius 1 is 1.40 bits per heavy atom. The van der Waals surface area contributed by atoms with Crippen LogP contribution in [0.5, 0.6) is 0 Å². The van der Waals surface area contributed by atoms with Gasteiger partial charge >= 0.3 is 0 Å². The van der Waals surface area contributed by atoms with Crippen molar-refractivity contribution in [3.63, 3.8) is 0 Å². The van der Waals surface area contributed by atoms with Gasteiger partial charge in [-0.15, -0.1) is 11.3 Å². The monoisotopic (exact) mass is 297 g/mol. The van der Waals surface area contributed by atoms with Gasteiger partial charge in [0.1, 0.15) is 0 Å². The van der Waals surface area contributed by atoms with Crippen LogP contribution < -0.4 is 10.2 Å². The zero-order valence-electron chi connectivity index (χ0n) is 12.9. The fraction of sp³-hybridized carbons (Fsp3) is 0.800. The van der Waals surface area contributed by atoms with Gasteiger partial charge in [0.15, 0.2) is 5.13 Å². The Kier molecular flexibility index (Phi) is 6.26. The van der Waals surface area contributed by atoms with Gasteiger partial charge in [-0.05, 0) is 32.2 Å². The van der Waals surface area contributed by atoms with E-state index in [1.54, 1.807) is 7.11 Å². The van der Waals surface area contributed by atoms with E-state index < -0.39 is 0 Å². The van der Waals surface area contributed by atoms with Gasteiger partial charge in [-0.25, -0.2) is 4.98 Å². The molecule has 0 spiro atoms. The van der Waals surface area contributed by atoms with Crippen molar-refractivity contribution in [2.24, 2.45) is 0 Å². The molecule has 1 aromatic heterocycles. The summed E-state index contributed by atoms with van der Waals surface area (Å²) < 4.78 is 5.30. The number of aromatic nitrogens is 1. The van der Waals surface area contributed by atoms with Gasteiger partial charge in [-0.2, -0.15) is 0 Å². The molecule has 0 bridgehead atoms. The molecule has 1 aliphatic heterocycles. The number of nitrogens with one attached hydrogen (secondary N) is 1. The van der Waals surface area contributed by atoms with Gasteiger partial charge in [-0.3, -0.25) is 0 Å². The van der Waals surface area contributed by atoms with Crippen LogP contribution >= 0.6 is 11.3 Å². The van der Waals surface area contributed by atoms with Gasteiger partial charge in [0.05, 0.1) is 12.3 Å². The number of hydrogen-bond acceptors (Lipinski definition) is 5. The molecule has 0 saturated carbocycles. The molecule has 1 saturated heterocycles. The fourth-order valence-corrected chi connectivity index (χ4v) is 3.93. The second-order valence-corrected chi connectivity index (χ2v) is 6.39. The number of nitrogens with zero attached hydrogens (tertiary/aromatic N) is 2. The molecule has 114 valence electrons. The maximum Gasteiger partial charge on any atom is 0.186 e. The van der Waals surface area contributed by atoms with Crippen molar-refractivity contribution >= 4 is 16.5 Å². The highest BCUT2D eigenvalue weighted by molar-refractivity contribution is 7.15. The largest absolute Gasteiger partial charge is 0.378 e. The van der Waals surface area contributed by atoms with Crippen molar-refractivity contribution in [2.75, 3.05) is 25.1 Å². The molecule has 1 aliphatic rings. The van der Waals surface area contributed by atoms with Crippen LogP contribution in [0.1, 0.15) is 50.1 Å². The number of anilines is 1. The highest BCUT2D eigenvalue weighted by atomic mass is 32.1. The lowest BCUT2D eigenvalue weighted by Crippen LogP contribution is -2.39. The van der Waals surface area contributed by atoms with Crippen molar-refractivity contribution in [1.82, 2.24) is 10.3 Å². The second-order valence-electron chi connectivity index (χ2n) is 5.33. The second kappa shape index (κ2) is 7.96. The maximum absolute atomic E-state index is 5.30. The topological polar surface area (TPSA) is 37.4 Å². The third-order valence-electron chi connectivity index (χ3n) is 3.93. The van der Waals surface area contributed by atoms with E-state index in [1.165, 1.54) is 35.7 Å². The summed E-state index contributed by atoms with van der Waals surface area (Å²) in [6, 6.07) is 0.664. The molecule has 1 fully saturated rings. The molecule has 0 radical (unpaired) electrons. The van der Waals surface area contributed by atoms with E-state index in [-0.39, 0.29) is 0 Å². The van der Waals surface area contributed by atoms with Crippen molar-refractivity contribution in [3.8, 4) is 0 Å². The summed E-state index contributed by atoms with van der Waals surface area (Å²) in [5.41, 5.74) is 1.11. The highest BCUT2D eigenvalue weighted by Gasteiger charge is 2.24. The Labute approximate surface area is 126 Å². The molecule has 2 heterocycles. The molecule has 1 unspecified atom stereocenters. The minimum Gasteiger partial charge on any atom is -0.378 e. The van der Waals surface area contributed by atoms with E-state index in [0.717, 1.165) is 25.3 Å². The average molecular weight is 297 g/mol. The quantitative estimate of drug-likeness (QED) is 0.839. The van der Waals surface area contributed by atoms with E-state index >= 15 is 0 Å².